The monoisotopic (exact) mass is 569 g/mol. The van der Waals surface area contributed by atoms with Crippen molar-refractivity contribution in [3.05, 3.63) is 94.8 Å². The lowest BCUT2D eigenvalue weighted by Crippen LogP contribution is -2.36. The van der Waals surface area contributed by atoms with E-state index in [9.17, 15) is 9.59 Å². The molecule has 0 spiro atoms. The maximum Gasteiger partial charge on any atom is 0.251 e. The van der Waals surface area contributed by atoms with Crippen LogP contribution >= 0.6 is 11.8 Å². The van der Waals surface area contributed by atoms with Gasteiger partial charge in [0, 0.05) is 17.8 Å². The molecule has 9 heteroatoms. The Morgan fingerprint density at radius 3 is 2.39 bits per heavy atom. The largest absolute Gasteiger partial charge is 0.497 e. The third kappa shape index (κ3) is 6.15. The molecule has 0 atom stereocenters. The second-order valence-electron chi connectivity index (χ2n) is 9.84. The molecule has 5 rings (SSSR count). The summed E-state index contributed by atoms with van der Waals surface area (Å²) < 4.78 is 7.22. The van der Waals surface area contributed by atoms with E-state index in [0.29, 0.717) is 28.8 Å². The minimum absolute atomic E-state index is 0.0468. The first-order chi connectivity index (χ1) is 20.0. The number of methoxy groups -OCH3 is 1. The summed E-state index contributed by atoms with van der Waals surface area (Å²) in [4.78, 5) is 28.3. The van der Waals surface area contributed by atoms with E-state index >= 15 is 0 Å². The van der Waals surface area contributed by atoms with Crippen molar-refractivity contribution in [2.75, 3.05) is 24.3 Å². The predicted octanol–water partition coefficient (Wildman–Crippen LogP) is 5.40. The summed E-state index contributed by atoms with van der Waals surface area (Å²) in [5, 5.41) is 12.6. The van der Waals surface area contributed by atoms with E-state index in [0.717, 1.165) is 48.2 Å². The number of aromatic nitrogens is 3. The molecule has 1 aliphatic heterocycles. The van der Waals surface area contributed by atoms with Gasteiger partial charge in [0.15, 0.2) is 11.0 Å². The molecule has 1 aliphatic rings. The van der Waals surface area contributed by atoms with E-state index in [2.05, 4.69) is 53.6 Å². The van der Waals surface area contributed by atoms with Gasteiger partial charge in [-0.2, -0.15) is 0 Å². The number of carbonyl (C=O) groups is 2. The zero-order valence-corrected chi connectivity index (χ0v) is 24.5. The van der Waals surface area contributed by atoms with Gasteiger partial charge in [0.05, 0.1) is 25.1 Å². The second-order valence-corrected chi connectivity index (χ2v) is 10.8. The van der Waals surface area contributed by atoms with E-state index in [-0.39, 0.29) is 24.1 Å². The summed E-state index contributed by atoms with van der Waals surface area (Å²) in [6.45, 7) is 5.15. The Hall–Kier alpha value is -4.11. The Labute approximate surface area is 245 Å². The average Bonchev–Trinajstić information content (AvgIpc) is 3.43. The molecule has 1 aromatic heterocycles. The zero-order valence-electron chi connectivity index (χ0n) is 23.7. The molecule has 0 unspecified atom stereocenters. The Bertz CT molecular complexity index is 1510. The Kier molecular flexibility index (Phi) is 9.04. The highest BCUT2D eigenvalue weighted by Crippen LogP contribution is 2.31. The summed E-state index contributed by atoms with van der Waals surface area (Å²) in [5.74, 6) is 1.37. The topological polar surface area (TPSA) is 89.4 Å². The first-order valence-electron chi connectivity index (χ1n) is 14.0. The number of rotatable bonds is 10. The van der Waals surface area contributed by atoms with E-state index in [1.807, 2.05) is 27.7 Å². The van der Waals surface area contributed by atoms with E-state index in [4.69, 9.17) is 4.74 Å². The molecule has 212 valence electrons. The number of benzene rings is 3. The maximum absolute atomic E-state index is 13.4. The fraction of sp³-hybridized carbons (Fsp3) is 0.312. The fourth-order valence-electron chi connectivity index (χ4n) is 5.24. The molecule has 1 N–H and O–H groups in total. The van der Waals surface area contributed by atoms with Gasteiger partial charge in [-0.25, -0.2) is 0 Å². The Balaban J connectivity index is 1.42. The molecule has 0 saturated heterocycles. The molecule has 0 fully saturated rings. The molecular weight excluding hydrogens is 534 g/mol. The highest BCUT2D eigenvalue weighted by molar-refractivity contribution is 7.99. The summed E-state index contributed by atoms with van der Waals surface area (Å²) >= 11 is 1.38. The number of hydrogen-bond acceptors (Lipinski definition) is 6. The van der Waals surface area contributed by atoms with Crippen LogP contribution in [-0.2, 0) is 30.6 Å². The third-order valence-electron chi connectivity index (χ3n) is 7.38. The van der Waals surface area contributed by atoms with Crippen molar-refractivity contribution in [1.29, 1.82) is 0 Å². The normalized spacial score (nSPS) is 12.6. The SMILES string of the molecule is CCc1cccc(CC)c1-n1c(CNC(=O)c2ccc(OC)cc2)nnc1SCC(=O)N1CCCc2ccccc21. The van der Waals surface area contributed by atoms with Crippen molar-refractivity contribution in [2.24, 2.45) is 0 Å². The molecule has 4 aromatic rings. The highest BCUT2D eigenvalue weighted by atomic mass is 32.2. The first kappa shape index (κ1) is 28.4. The van der Waals surface area contributed by atoms with Crippen LogP contribution < -0.4 is 15.0 Å². The molecule has 0 bridgehead atoms. The Morgan fingerprint density at radius 2 is 1.68 bits per heavy atom. The summed E-state index contributed by atoms with van der Waals surface area (Å²) in [5.41, 5.74) is 6.07. The van der Waals surface area contributed by atoms with Crippen LogP contribution in [0.2, 0.25) is 0 Å². The standard InChI is InChI=1S/C32H35N5O3S/c1-4-22-11-8-12-23(5-2)30(22)37-28(20-33-31(39)25-15-17-26(40-3)18-16-25)34-35-32(37)41-21-29(38)36-19-9-13-24-10-6-7-14-27(24)36/h6-8,10-12,14-18H,4-5,9,13,19-21H2,1-3H3,(H,33,39). The lowest BCUT2D eigenvalue weighted by atomic mass is 10.0. The fourth-order valence-corrected chi connectivity index (χ4v) is 6.07. The summed E-state index contributed by atoms with van der Waals surface area (Å²) in [7, 11) is 1.59. The molecular formula is C32H35N5O3S. The quantitative estimate of drug-likeness (QED) is 0.257. The number of fused-ring (bicyclic) bond motifs is 1. The molecule has 0 saturated carbocycles. The van der Waals surface area contributed by atoms with Crippen molar-refractivity contribution >= 4 is 29.3 Å². The molecule has 0 aliphatic carbocycles. The van der Waals surface area contributed by atoms with Gasteiger partial charge in [0.1, 0.15) is 5.75 Å². The lowest BCUT2D eigenvalue weighted by molar-refractivity contribution is -0.116. The Morgan fingerprint density at radius 1 is 0.951 bits per heavy atom. The van der Waals surface area contributed by atoms with Crippen molar-refractivity contribution in [1.82, 2.24) is 20.1 Å². The van der Waals surface area contributed by atoms with Crippen LogP contribution in [0.25, 0.3) is 5.69 Å². The van der Waals surface area contributed by atoms with Crippen molar-refractivity contribution in [3.8, 4) is 11.4 Å². The van der Waals surface area contributed by atoms with Crippen LogP contribution in [-0.4, -0.2) is 46.0 Å². The molecule has 0 radical (unpaired) electrons. The van der Waals surface area contributed by atoms with Gasteiger partial charge in [0.2, 0.25) is 5.91 Å². The van der Waals surface area contributed by atoms with Gasteiger partial charge in [-0.05, 0) is 72.7 Å². The number of para-hydroxylation sites is 2. The second kappa shape index (κ2) is 13.0. The van der Waals surface area contributed by atoms with E-state index < -0.39 is 0 Å². The number of amides is 2. The van der Waals surface area contributed by atoms with E-state index in [1.54, 1.807) is 31.4 Å². The number of ether oxygens (including phenoxy) is 1. The lowest BCUT2D eigenvalue weighted by Gasteiger charge is -2.29. The number of hydrogen-bond donors (Lipinski definition) is 1. The van der Waals surface area contributed by atoms with Gasteiger partial charge >= 0.3 is 0 Å². The van der Waals surface area contributed by atoms with Gasteiger partial charge in [-0.1, -0.05) is 62.0 Å². The number of anilines is 1. The van der Waals surface area contributed by atoms with Gasteiger partial charge in [0.25, 0.3) is 5.91 Å². The number of nitrogens with one attached hydrogen (secondary N) is 1. The van der Waals surface area contributed by atoms with Crippen LogP contribution in [0.4, 0.5) is 5.69 Å². The zero-order chi connectivity index (χ0) is 28.8. The minimum Gasteiger partial charge on any atom is -0.497 e. The van der Waals surface area contributed by atoms with Gasteiger partial charge in [-0.15, -0.1) is 10.2 Å². The molecule has 41 heavy (non-hydrogen) atoms. The maximum atomic E-state index is 13.4. The van der Waals surface area contributed by atoms with Gasteiger partial charge in [-0.3, -0.25) is 14.2 Å². The van der Waals surface area contributed by atoms with Crippen molar-refractivity contribution in [2.45, 2.75) is 51.2 Å². The van der Waals surface area contributed by atoms with Crippen LogP contribution in [0, 0.1) is 0 Å². The number of nitrogens with zero attached hydrogens (tertiary/aromatic N) is 4. The highest BCUT2D eigenvalue weighted by Gasteiger charge is 2.25. The van der Waals surface area contributed by atoms with E-state index in [1.165, 1.54) is 17.3 Å². The van der Waals surface area contributed by atoms with Crippen LogP contribution in [0.1, 0.15) is 53.1 Å². The average molecular weight is 570 g/mol. The predicted molar refractivity (Wildman–Crippen MR) is 162 cm³/mol. The van der Waals surface area contributed by atoms with Crippen molar-refractivity contribution in [3.63, 3.8) is 0 Å². The van der Waals surface area contributed by atoms with Gasteiger partial charge < -0.3 is 15.0 Å². The number of carbonyl (C=O) groups excluding carboxylic acids is 2. The first-order valence-corrected chi connectivity index (χ1v) is 15.0. The van der Waals surface area contributed by atoms with Crippen LogP contribution in [0.5, 0.6) is 5.75 Å². The third-order valence-corrected chi connectivity index (χ3v) is 8.30. The number of aryl methyl sites for hydroxylation is 3. The molecule has 2 amide bonds. The minimum atomic E-state index is -0.213. The van der Waals surface area contributed by atoms with Crippen LogP contribution in [0.3, 0.4) is 0 Å². The molecule has 2 heterocycles. The number of thioether (sulfide) groups is 1. The summed E-state index contributed by atoms with van der Waals surface area (Å²) in [6.07, 6.45) is 3.59. The van der Waals surface area contributed by atoms with Crippen LogP contribution in [0.15, 0.2) is 71.9 Å². The molecule has 3 aromatic carbocycles. The smallest absolute Gasteiger partial charge is 0.251 e. The summed E-state index contributed by atoms with van der Waals surface area (Å²) in [6, 6.07) is 21.4. The molecule has 8 nitrogen and oxygen atoms in total. The van der Waals surface area contributed by atoms with Crippen molar-refractivity contribution < 1.29 is 14.3 Å².